The van der Waals surface area contributed by atoms with Crippen molar-refractivity contribution in [3.63, 3.8) is 0 Å². The predicted molar refractivity (Wildman–Crippen MR) is 144 cm³/mol. The zero-order chi connectivity index (χ0) is 24.9. The number of aliphatic hydroxyl groups excluding tert-OH is 2. The molecule has 1 heterocycles. The quantitative estimate of drug-likeness (QED) is 0.316. The van der Waals surface area contributed by atoms with Crippen molar-refractivity contribution in [2.45, 2.75) is 97.6 Å². The number of allylic oxidation sites excluding steroid dienone is 11. The minimum absolute atomic E-state index is 0.141. The van der Waals surface area contributed by atoms with Crippen molar-refractivity contribution in [1.82, 2.24) is 0 Å². The second-order valence-corrected chi connectivity index (χ2v) is 7.03. The molecule has 1 fully saturated rings. The molecule has 0 saturated carbocycles. The Kier molecular flexibility index (Phi) is 33.9. The van der Waals surface area contributed by atoms with Gasteiger partial charge in [-0.2, -0.15) is 0 Å². The second kappa shape index (κ2) is 31.2. The zero-order valence-electron chi connectivity index (χ0n) is 21.2. The van der Waals surface area contributed by atoms with Gasteiger partial charge in [0.05, 0.1) is 12.2 Å². The molecule has 0 radical (unpaired) electrons. The van der Waals surface area contributed by atoms with Crippen LogP contribution < -0.4 is 0 Å². The van der Waals surface area contributed by atoms with Gasteiger partial charge in [-0.15, -0.1) is 0 Å². The third-order valence-electron chi connectivity index (χ3n) is 4.19. The fraction of sp³-hybridized carbons (Fsp3) is 0.517. The van der Waals surface area contributed by atoms with E-state index in [0.717, 1.165) is 51.4 Å². The van der Waals surface area contributed by atoms with Crippen LogP contribution in [0.2, 0.25) is 0 Å². The summed E-state index contributed by atoms with van der Waals surface area (Å²) in [5.41, 5.74) is 0. The Morgan fingerprint density at radius 3 is 1.69 bits per heavy atom. The van der Waals surface area contributed by atoms with Gasteiger partial charge in [0.1, 0.15) is 0 Å². The van der Waals surface area contributed by atoms with Gasteiger partial charge < -0.3 is 14.9 Å². The smallest absolute Gasteiger partial charge is 0.154 e. The summed E-state index contributed by atoms with van der Waals surface area (Å²) in [6.07, 6.45) is 28.6. The topological polar surface area (TPSA) is 49.7 Å². The molecule has 2 N–H and O–H groups in total. The van der Waals surface area contributed by atoms with Gasteiger partial charge in [0.2, 0.25) is 0 Å². The van der Waals surface area contributed by atoms with E-state index >= 15 is 0 Å². The van der Waals surface area contributed by atoms with Crippen LogP contribution >= 0.6 is 0 Å². The average molecular weight is 447 g/mol. The van der Waals surface area contributed by atoms with E-state index in [2.05, 4.69) is 58.7 Å². The third kappa shape index (κ3) is 32.7. The zero-order valence-corrected chi connectivity index (χ0v) is 21.2. The Bertz CT molecular complexity index is 496. The molecule has 0 aromatic carbocycles. The lowest BCUT2D eigenvalue weighted by atomic mass is 10.1. The fourth-order valence-electron chi connectivity index (χ4n) is 2.26. The van der Waals surface area contributed by atoms with Gasteiger partial charge in [0.25, 0.3) is 0 Å². The van der Waals surface area contributed by atoms with Gasteiger partial charge in [-0.25, -0.2) is 0 Å². The Hall–Kier alpha value is -1.94. The summed E-state index contributed by atoms with van der Waals surface area (Å²) in [4.78, 5) is 0. The first-order valence-electron chi connectivity index (χ1n) is 12.0. The normalized spacial score (nSPS) is 18.4. The van der Waals surface area contributed by atoms with E-state index in [4.69, 9.17) is 9.84 Å². The van der Waals surface area contributed by atoms with Crippen molar-refractivity contribution < 1.29 is 14.9 Å². The van der Waals surface area contributed by atoms with E-state index in [9.17, 15) is 5.11 Å². The highest BCUT2D eigenvalue weighted by atomic mass is 16.6. The molecule has 0 bridgehead atoms. The second-order valence-electron chi connectivity index (χ2n) is 7.03. The highest BCUT2D eigenvalue weighted by molar-refractivity contribution is 5.08. The fourth-order valence-corrected chi connectivity index (χ4v) is 2.26. The van der Waals surface area contributed by atoms with E-state index in [1.165, 1.54) is 0 Å². The maximum absolute atomic E-state index is 9.19. The molecule has 0 aromatic heterocycles. The first kappa shape index (κ1) is 34.7. The summed E-state index contributed by atoms with van der Waals surface area (Å²) in [6, 6.07) is 0. The Balaban J connectivity index is -0.000000368. The number of aliphatic hydroxyl groups is 2. The molecule has 0 amide bonds. The minimum atomic E-state index is -0.472. The van der Waals surface area contributed by atoms with Crippen molar-refractivity contribution >= 4 is 0 Å². The molecule has 1 saturated heterocycles. The first-order valence-corrected chi connectivity index (χ1v) is 12.0. The molecule has 32 heavy (non-hydrogen) atoms. The summed E-state index contributed by atoms with van der Waals surface area (Å²) in [6.45, 7) is 18.8. The summed E-state index contributed by atoms with van der Waals surface area (Å²) in [5.74, 6) is 0. The Morgan fingerprint density at radius 2 is 1.38 bits per heavy atom. The standard InChI is InChI=1S/C11H18O.C6H12O2.2C6H10/c1-3-5-6-7-8-9-10-11(12)4-2;1-2-5-3-4-6(7)8-5;2*1-3-5-6-4-2/h3,5-8,11-12H,1,4,9-10H2,2H3;5-7H,2-4H2,1H3;2*3,5-6H,1,4H2,2H3/b6-5+,8-7?;;2*6-5+. The molecule has 1 aliphatic heterocycles. The first-order chi connectivity index (χ1) is 15.5. The number of rotatable bonds is 11. The van der Waals surface area contributed by atoms with Crippen molar-refractivity contribution in [1.29, 1.82) is 0 Å². The lowest BCUT2D eigenvalue weighted by Crippen LogP contribution is -2.07. The van der Waals surface area contributed by atoms with Crippen LogP contribution in [-0.4, -0.2) is 28.7 Å². The van der Waals surface area contributed by atoms with Crippen molar-refractivity contribution in [2.24, 2.45) is 0 Å². The van der Waals surface area contributed by atoms with Crippen LogP contribution in [-0.2, 0) is 4.74 Å². The van der Waals surface area contributed by atoms with Crippen molar-refractivity contribution in [3.8, 4) is 0 Å². The molecule has 0 spiro atoms. The van der Waals surface area contributed by atoms with Crippen LogP contribution in [0.15, 0.2) is 86.6 Å². The summed E-state index contributed by atoms with van der Waals surface area (Å²) in [5, 5.41) is 18.0. The van der Waals surface area contributed by atoms with Crippen LogP contribution in [0.1, 0.15) is 79.1 Å². The molecule has 0 aromatic rings. The molecular formula is C29H50O3. The van der Waals surface area contributed by atoms with Crippen LogP contribution in [0.4, 0.5) is 0 Å². The molecule has 1 aliphatic rings. The largest absolute Gasteiger partial charge is 0.393 e. The van der Waals surface area contributed by atoms with Crippen LogP contribution in [0.25, 0.3) is 0 Å². The lowest BCUT2D eigenvalue weighted by molar-refractivity contribution is -0.0904. The molecule has 3 heteroatoms. The third-order valence-corrected chi connectivity index (χ3v) is 4.19. The Morgan fingerprint density at radius 1 is 0.812 bits per heavy atom. The molecule has 3 atom stereocenters. The van der Waals surface area contributed by atoms with Gasteiger partial charge >= 0.3 is 0 Å². The molecular weight excluding hydrogens is 396 g/mol. The highest BCUT2D eigenvalue weighted by Gasteiger charge is 2.20. The SMILES string of the molecule is C=C/C=C/C=CCCC(O)CC.C=C/C=C/CC.C=C/C=C/CC.CCC1CCC(O)O1. The average Bonchev–Trinajstić information content (AvgIpc) is 3.25. The van der Waals surface area contributed by atoms with Gasteiger partial charge in [-0.3, -0.25) is 0 Å². The van der Waals surface area contributed by atoms with Crippen LogP contribution in [0.5, 0.6) is 0 Å². The summed E-state index contributed by atoms with van der Waals surface area (Å²) < 4.78 is 5.07. The van der Waals surface area contributed by atoms with Crippen LogP contribution in [0, 0.1) is 0 Å². The van der Waals surface area contributed by atoms with E-state index in [0.29, 0.717) is 6.10 Å². The summed E-state index contributed by atoms with van der Waals surface area (Å²) in [7, 11) is 0. The van der Waals surface area contributed by atoms with Crippen LogP contribution in [0.3, 0.4) is 0 Å². The van der Waals surface area contributed by atoms with E-state index < -0.39 is 6.29 Å². The Labute approximate surface area is 199 Å². The summed E-state index contributed by atoms with van der Waals surface area (Å²) >= 11 is 0. The maximum Gasteiger partial charge on any atom is 0.154 e. The monoisotopic (exact) mass is 446 g/mol. The molecule has 3 nitrogen and oxygen atoms in total. The highest BCUT2D eigenvalue weighted by Crippen LogP contribution is 2.19. The predicted octanol–water partition coefficient (Wildman–Crippen LogP) is 8.01. The molecule has 3 unspecified atom stereocenters. The lowest BCUT2D eigenvalue weighted by Gasteiger charge is -2.04. The van der Waals surface area contributed by atoms with Gasteiger partial charge in [0, 0.05) is 6.42 Å². The van der Waals surface area contributed by atoms with Gasteiger partial charge in [0.15, 0.2) is 6.29 Å². The van der Waals surface area contributed by atoms with Crippen molar-refractivity contribution in [3.05, 3.63) is 86.6 Å². The van der Waals surface area contributed by atoms with E-state index in [-0.39, 0.29) is 6.10 Å². The minimum Gasteiger partial charge on any atom is -0.393 e. The maximum atomic E-state index is 9.19. The van der Waals surface area contributed by atoms with Crippen molar-refractivity contribution in [2.75, 3.05) is 0 Å². The molecule has 0 aliphatic carbocycles. The number of hydrogen-bond acceptors (Lipinski definition) is 3. The van der Waals surface area contributed by atoms with E-state index in [1.54, 1.807) is 18.2 Å². The molecule has 184 valence electrons. The molecule has 1 rings (SSSR count). The van der Waals surface area contributed by atoms with Gasteiger partial charge in [-0.05, 0) is 44.9 Å². The number of ether oxygens (including phenoxy) is 1. The van der Waals surface area contributed by atoms with E-state index in [1.807, 2.05) is 37.3 Å². The van der Waals surface area contributed by atoms with Gasteiger partial charge in [-0.1, -0.05) is 114 Å². The number of hydrogen-bond donors (Lipinski definition) is 2.